The molecule has 8 nitrogen and oxygen atoms in total. The van der Waals surface area contributed by atoms with Gasteiger partial charge in [0.2, 0.25) is 5.91 Å². The number of urea groups is 1. The topological polar surface area (TPSA) is 105 Å². The molecule has 4 amide bonds. The van der Waals surface area contributed by atoms with E-state index in [4.69, 9.17) is 4.74 Å². The van der Waals surface area contributed by atoms with Gasteiger partial charge < -0.3 is 15.4 Å². The third-order valence-electron chi connectivity index (χ3n) is 5.50. The van der Waals surface area contributed by atoms with Crippen LogP contribution in [0.1, 0.15) is 56.3 Å². The zero-order valence-corrected chi connectivity index (χ0v) is 16.9. The van der Waals surface area contributed by atoms with Gasteiger partial charge in [0.25, 0.3) is 5.91 Å². The first-order valence-electron chi connectivity index (χ1n) is 9.58. The van der Waals surface area contributed by atoms with Gasteiger partial charge in [-0.3, -0.25) is 14.5 Å². The monoisotopic (exact) mass is 407 g/mol. The fourth-order valence-corrected chi connectivity index (χ4v) is 4.61. The lowest BCUT2D eigenvalue weighted by atomic mass is 9.75. The highest BCUT2D eigenvalue weighted by atomic mass is 32.1. The SMILES string of the molecule is CCOC(=O)c1ccsc1NC(=O)CN1C(=O)NC2(CCC(CC)CC2)C1=O. The highest BCUT2D eigenvalue weighted by Crippen LogP contribution is 2.37. The number of hydrogen-bond acceptors (Lipinski definition) is 6. The van der Waals surface area contributed by atoms with Crippen LogP contribution in [-0.2, 0) is 14.3 Å². The molecule has 1 aromatic heterocycles. The summed E-state index contributed by atoms with van der Waals surface area (Å²) in [7, 11) is 0. The lowest BCUT2D eigenvalue weighted by molar-refractivity contribution is -0.135. The van der Waals surface area contributed by atoms with Gasteiger partial charge in [-0.15, -0.1) is 11.3 Å². The van der Waals surface area contributed by atoms with Gasteiger partial charge in [-0.25, -0.2) is 9.59 Å². The van der Waals surface area contributed by atoms with E-state index in [-0.39, 0.29) is 24.6 Å². The number of carbonyl (C=O) groups is 4. The number of carbonyl (C=O) groups excluding carboxylic acids is 4. The van der Waals surface area contributed by atoms with Crippen molar-refractivity contribution in [1.82, 2.24) is 10.2 Å². The molecule has 9 heteroatoms. The first-order chi connectivity index (χ1) is 13.4. The Balaban J connectivity index is 1.64. The summed E-state index contributed by atoms with van der Waals surface area (Å²) in [6.07, 6.45) is 4.05. The lowest BCUT2D eigenvalue weighted by Crippen LogP contribution is -2.49. The lowest BCUT2D eigenvalue weighted by Gasteiger charge is -2.34. The largest absolute Gasteiger partial charge is 0.462 e. The molecule has 3 rings (SSSR count). The van der Waals surface area contributed by atoms with Gasteiger partial charge >= 0.3 is 12.0 Å². The number of ether oxygens (including phenoxy) is 1. The molecule has 152 valence electrons. The van der Waals surface area contributed by atoms with Crippen molar-refractivity contribution in [3.63, 3.8) is 0 Å². The van der Waals surface area contributed by atoms with E-state index >= 15 is 0 Å². The predicted molar refractivity (Wildman–Crippen MR) is 104 cm³/mol. The summed E-state index contributed by atoms with van der Waals surface area (Å²) in [6.45, 7) is 3.67. The molecular weight excluding hydrogens is 382 g/mol. The molecule has 1 saturated heterocycles. The molecule has 2 aliphatic rings. The minimum absolute atomic E-state index is 0.228. The van der Waals surface area contributed by atoms with Crippen molar-refractivity contribution >= 4 is 40.2 Å². The summed E-state index contributed by atoms with van der Waals surface area (Å²) in [5, 5.41) is 7.43. The van der Waals surface area contributed by atoms with Gasteiger partial charge in [0.15, 0.2) is 0 Å². The number of imide groups is 1. The zero-order valence-electron chi connectivity index (χ0n) is 16.1. The molecule has 1 aliphatic heterocycles. The van der Waals surface area contributed by atoms with Crippen LogP contribution in [0.2, 0.25) is 0 Å². The summed E-state index contributed by atoms with van der Waals surface area (Å²) >= 11 is 1.18. The zero-order chi connectivity index (χ0) is 20.3. The molecule has 0 radical (unpaired) electrons. The number of nitrogens with zero attached hydrogens (tertiary/aromatic N) is 1. The van der Waals surface area contributed by atoms with Crippen molar-refractivity contribution in [2.45, 2.75) is 51.5 Å². The van der Waals surface area contributed by atoms with Crippen LogP contribution >= 0.6 is 11.3 Å². The highest BCUT2D eigenvalue weighted by molar-refractivity contribution is 7.14. The molecule has 0 bridgehead atoms. The summed E-state index contributed by atoms with van der Waals surface area (Å²) in [4.78, 5) is 50.5. The standard InChI is InChI=1S/C19H25N3O5S/c1-3-12-5-8-19(9-6-12)17(25)22(18(26)21-19)11-14(23)20-15-13(7-10-28-15)16(24)27-4-2/h7,10,12H,3-6,8-9,11H2,1-2H3,(H,20,23)(H,21,26). The number of esters is 1. The van der Waals surface area contributed by atoms with Crippen LogP contribution in [0, 0.1) is 5.92 Å². The molecule has 0 aromatic carbocycles. The maximum Gasteiger partial charge on any atom is 0.341 e. The quantitative estimate of drug-likeness (QED) is 0.557. The average Bonchev–Trinajstić information content (AvgIpc) is 3.21. The average molecular weight is 407 g/mol. The van der Waals surface area contributed by atoms with Crippen LogP contribution in [0.3, 0.4) is 0 Å². The van der Waals surface area contributed by atoms with Crippen molar-refractivity contribution in [2.24, 2.45) is 5.92 Å². The molecule has 1 aliphatic carbocycles. The van der Waals surface area contributed by atoms with E-state index in [2.05, 4.69) is 17.6 Å². The minimum Gasteiger partial charge on any atom is -0.462 e. The van der Waals surface area contributed by atoms with E-state index in [0.29, 0.717) is 23.8 Å². The second-order valence-corrected chi connectivity index (χ2v) is 8.10. The van der Waals surface area contributed by atoms with Crippen LogP contribution in [0.25, 0.3) is 0 Å². The van der Waals surface area contributed by atoms with E-state index in [1.807, 2.05) is 0 Å². The molecular formula is C19H25N3O5S. The van der Waals surface area contributed by atoms with E-state index in [1.54, 1.807) is 18.4 Å². The Morgan fingerprint density at radius 1 is 1.32 bits per heavy atom. The number of amides is 4. The molecule has 2 heterocycles. The Kier molecular flexibility index (Phi) is 6.02. The van der Waals surface area contributed by atoms with Gasteiger partial charge in [0.1, 0.15) is 17.1 Å². The summed E-state index contributed by atoms with van der Waals surface area (Å²) in [5.74, 6) is -0.816. The summed E-state index contributed by atoms with van der Waals surface area (Å²) in [6, 6.07) is 1.03. The molecule has 2 N–H and O–H groups in total. The molecule has 0 unspecified atom stereocenters. The predicted octanol–water partition coefficient (Wildman–Crippen LogP) is 2.75. The maximum absolute atomic E-state index is 12.9. The van der Waals surface area contributed by atoms with E-state index in [1.165, 1.54) is 11.3 Å². The third-order valence-corrected chi connectivity index (χ3v) is 6.33. The van der Waals surface area contributed by atoms with Crippen LogP contribution in [-0.4, -0.2) is 47.4 Å². The Hall–Kier alpha value is -2.42. The second-order valence-electron chi connectivity index (χ2n) is 7.19. The van der Waals surface area contributed by atoms with E-state index < -0.39 is 23.4 Å². The summed E-state index contributed by atoms with van der Waals surface area (Å²) < 4.78 is 4.96. The first kappa shape index (κ1) is 20.3. The molecule has 1 aromatic rings. The van der Waals surface area contributed by atoms with Gasteiger partial charge in [-0.2, -0.15) is 0 Å². The number of hydrogen-bond donors (Lipinski definition) is 2. The molecule has 1 saturated carbocycles. The number of anilines is 1. The van der Waals surface area contributed by atoms with Gasteiger partial charge in [0.05, 0.1) is 12.2 Å². The Bertz CT molecular complexity index is 782. The normalized spacial score (nSPS) is 24.4. The van der Waals surface area contributed by atoms with E-state index in [9.17, 15) is 19.2 Å². The van der Waals surface area contributed by atoms with Crippen LogP contribution in [0.4, 0.5) is 9.80 Å². The smallest absolute Gasteiger partial charge is 0.341 e. The van der Waals surface area contributed by atoms with Crippen molar-refractivity contribution in [1.29, 1.82) is 0 Å². The fourth-order valence-electron chi connectivity index (χ4n) is 3.82. The third kappa shape index (κ3) is 3.89. The van der Waals surface area contributed by atoms with E-state index in [0.717, 1.165) is 24.2 Å². The minimum atomic E-state index is -0.873. The Morgan fingerprint density at radius 2 is 2.04 bits per heavy atom. The second kappa shape index (κ2) is 8.30. The van der Waals surface area contributed by atoms with Crippen LogP contribution < -0.4 is 10.6 Å². The van der Waals surface area contributed by atoms with Crippen molar-refractivity contribution in [3.05, 3.63) is 17.0 Å². The highest BCUT2D eigenvalue weighted by Gasteiger charge is 2.52. The molecule has 0 atom stereocenters. The first-order valence-corrected chi connectivity index (χ1v) is 10.5. The summed E-state index contributed by atoms with van der Waals surface area (Å²) in [5.41, 5.74) is -0.617. The maximum atomic E-state index is 12.9. The molecule has 2 fully saturated rings. The Labute approximate surface area is 167 Å². The van der Waals surface area contributed by atoms with Gasteiger partial charge in [0, 0.05) is 0 Å². The number of rotatable bonds is 6. The Morgan fingerprint density at radius 3 is 2.68 bits per heavy atom. The van der Waals surface area contributed by atoms with Crippen LogP contribution in [0.15, 0.2) is 11.4 Å². The number of thiophene rings is 1. The van der Waals surface area contributed by atoms with Crippen molar-refractivity contribution in [3.8, 4) is 0 Å². The molecule has 1 spiro atoms. The van der Waals surface area contributed by atoms with Gasteiger partial charge in [-0.05, 0) is 50.0 Å². The van der Waals surface area contributed by atoms with Crippen LogP contribution in [0.5, 0.6) is 0 Å². The van der Waals surface area contributed by atoms with Crippen molar-refractivity contribution < 1.29 is 23.9 Å². The van der Waals surface area contributed by atoms with Crippen molar-refractivity contribution in [2.75, 3.05) is 18.5 Å². The molecule has 28 heavy (non-hydrogen) atoms. The fraction of sp³-hybridized carbons (Fsp3) is 0.579. The van der Waals surface area contributed by atoms with Gasteiger partial charge in [-0.1, -0.05) is 13.3 Å². The number of nitrogens with one attached hydrogen (secondary N) is 2.